The number of benzene rings is 2. The fourth-order valence-corrected chi connectivity index (χ4v) is 4.83. The molecule has 170 valence electrons. The number of ether oxygens (including phenoxy) is 1. The number of carboxylic acid groups (broad SMARTS) is 1. The lowest BCUT2D eigenvalue weighted by molar-refractivity contribution is -0.136. The molecule has 0 radical (unpaired) electrons. The second kappa shape index (κ2) is 8.91. The Morgan fingerprint density at radius 3 is 2.58 bits per heavy atom. The van der Waals surface area contributed by atoms with Gasteiger partial charge in [0.1, 0.15) is 10.6 Å². The number of aliphatic carboxylic acids is 1. The highest BCUT2D eigenvalue weighted by molar-refractivity contribution is 7.92. The van der Waals surface area contributed by atoms with Gasteiger partial charge in [-0.25, -0.2) is 8.42 Å². The summed E-state index contributed by atoms with van der Waals surface area (Å²) in [6.45, 7) is 0.491. The molecule has 10 heteroatoms. The summed E-state index contributed by atoms with van der Waals surface area (Å²) in [4.78, 5) is 27.1. The fraction of sp³-hybridized carbons (Fsp3) is 0.174. The molecule has 2 aromatic carbocycles. The van der Waals surface area contributed by atoms with Crippen molar-refractivity contribution in [2.45, 2.75) is 17.7 Å². The van der Waals surface area contributed by atoms with Gasteiger partial charge in [0.15, 0.2) is 0 Å². The zero-order valence-corrected chi connectivity index (χ0v) is 18.5. The third-order valence-corrected chi connectivity index (χ3v) is 6.61. The summed E-state index contributed by atoms with van der Waals surface area (Å²) >= 11 is 0. The molecule has 0 spiro atoms. The number of nitrogens with one attached hydrogen (secondary N) is 2. The fourth-order valence-electron chi connectivity index (χ4n) is 3.60. The number of aromatic nitrogens is 1. The third-order valence-electron chi connectivity index (χ3n) is 5.21. The molecule has 0 aliphatic carbocycles. The monoisotopic (exact) mass is 467 g/mol. The molecular weight excluding hydrogens is 446 g/mol. The Hall–Kier alpha value is -3.92. The van der Waals surface area contributed by atoms with Crippen molar-refractivity contribution in [2.24, 2.45) is 0 Å². The molecule has 0 atom stereocenters. The van der Waals surface area contributed by atoms with E-state index >= 15 is 0 Å². The van der Waals surface area contributed by atoms with Gasteiger partial charge in [-0.3, -0.25) is 19.3 Å². The van der Waals surface area contributed by atoms with Crippen molar-refractivity contribution >= 4 is 27.6 Å². The molecule has 9 nitrogen and oxygen atoms in total. The van der Waals surface area contributed by atoms with Crippen molar-refractivity contribution in [2.75, 3.05) is 18.4 Å². The summed E-state index contributed by atoms with van der Waals surface area (Å²) in [5, 5.41) is 11.6. The molecule has 0 fully saturated rings. The molecule has 0 unspecified atom stereocenters. The molecule has 3 aromatic rings. The third kappa shape index (κ3) is 4.80. The Labute approximate surface area is 190 Å². The van der Waals surface area contributed by atoms with Gasteiger partial charge in [-0.1, -0.05) is 30.3 Å². The second-order valence-electron chi connectivity index (χ2n) is 7.46. The van der Waals surface area contributed by atoms with Gasteiger partial charge < -0.3 is 15.2 Å². The molecule has 0 bridgehead atoms. The molecule has 1 aliphatic heterocycles. The van der Waals surface area contributed by atoms with Crippen LogP contribution in [0.4, 0.5) is 5.69 Å². The van der Waals surface area contributed by atoms with Gasteiger partial charge in [0.05, 0.1) is 36.7 Å². The number of methoxy groups -OCH3 is 1. The van der Waals surface area contributed by atoms with Crippen molar-refractivity contribution < 1.29 is 27.9 Å². The van der Waals surface area contributed by atoms with E-state index < -0.39 is 16.0 Å². The predicted octanol–water partition coefficient (Wildman–Crippen LogP) is 2.47. The van der Waals surface area contributed by atoms with E-state index in [-0.39, 0.29) is 28.7 Å². The van der Waals surface area contributed by atoms with Gasteiger partial charge in [-0.2, -0.15) is 0 Å². The number of carboxylic acids is 1. The first-order valence-corrected chi connectivity index (χ1v) is 11.5. The summed E-state index contributed by atoms with van der Waals surface area (Å²) < 4.78 is 34.2. The van der Waals surface area contributed by atoms with Gasteiger partial charge in [0.25, 0.3) is 15.9 Å². The van der Waals surface area contributed by atoms with Crippen LogP contribution in [0.3, 0.4) is 0 Å². The van der Waals surface area contributed by atoms with Crippen LogP contribution in [0.15, 0.2) is 59.6 Å². The van der Waals surface area contributed by atoms with Crippen LogP contribution in [0.1, 0.15) is 21.6 Å². The van der Waals surface area contributed by atoms with Gasteiger partial charge in [-0.05, 0) is 34.9 Å². The lowest BCUT2D eigenvalue weighted by Crippen LogP contribution is -2.32. The number of carbonyl (C=O) groups excluding carboxylic acids is 1. The van der Waals surface area contributed by atoms with Gasteiger partial charge in [0.2, 0.25) is 0 Å². The highest BCUT2D eigenvalue weighted by atomic mass is 32.2. The lowest BCUT2D eigenvalue weighted by atomic mass is 10.0. The van der Waals surface area contributed by atoms with Crippen molar-refractivity contribution in [3.8, 4) is 16.9 Å². The minimum absolute atomic E-state index is 0.0840. The first-order chi connectivity index (χ1) is 15.8. The van der Waals surface area contributed by atoms with E-state index in [1.54, 1.807) is 36.4 Å². The molecule has 33 heavy (non-hydrogen) atoms. The predicted molar refractivity (Wildman–Crippen MR) is 121 cm³/mol. The average Bonchev–Trinajstić information content (AvgIpc) is 2.79. The Kier molecular flexibility index (Phi) is 6.01. The summed E-state index contributed by atoms with van der Waals surface area (Å²) in [5.41, 5.74) is 3.09. The molecule has 0 saturated heterocycles. The van der Waals surface area contributed by atoms with Crippen molar-refractivity contribution in [3.05, 3.63) is 71.5 Å². The van der Waals surface area contributed by atoms with Crippen molar-refractivity contribution in [1.29, 1.82) is 0 Å². The zero-order chi connectivity index (χ0) is 23.6. The van der Waals surface area contributed by atoms with E-state index in [0.717, 1.165) is 5.56 Å². The van der Waals surface area contributed by atoms with E-state index in [4.69, 9.17) is 9.84 Å². The van der Waals surface area contributed by atoms with Crippen LogP contribution >= 0.6 is 0 Å². The summed E-state index contributed by atoms with van der Waals surface area (Å²) in [6, 6.07) is 13.0. The van der Waals surface area contributed by atoms with E-state index in [0.29, 0.717) is 35.3 Å². The van der Waals surface area contributed by atoms with Crippen LogP contribution in [0.2, 0.25) is 0 Å². The number of sulfonamides is 1. The van der Waals surface area contributed by atoms with Crippen molar-refractivity contribution in [3.63, 3.8) is 0 Å². The average molecular weight is 468 g/mol. The van der Waals surface area contributed by atoms with E-state index in [2.05, 4.69) is 15.0 Å². The number of fused-ring (bicyclic) bond motifs is 1. The highest BCUT2D eigenvalue weighted by Crippen LogP contribution is 2.31. The topological polar surface area (TPSA) is 135 Å². The second-order valence-corrected chi connectivity index (χ2v) is 9.11. The molecular formula is C23H21N3O6S. The molecule has 1 aromatic heterocycles. The minimum Gasteiger partial charge on any atom is -0.495 e. The Morgan fingerprint density at radius 2 is 1.88 bits per heavy atom. The molecule has 1 amide bonds. The maximum absolute atomic E-state index is 13.2. The molecule has 3 N–H and O–H groups in total. The number of amides is 1. The molecule has 2 heterocycles. The molecule has 4 rings (SSSR count). The number of carbonyl (C=O) groups is 2. The Morgan fingerprint density at radius 1 is 1.15 bits per heavy atom. The Balaban J connectivity index is 1.66. The maximum Gasteiger partial charge on any atom is 0.307 e. The zero-order valence-electron chi connectivity index (χ0n) is 17.7. The van der Waals surface area contributed by atoms with Gasteiger partial charge >= 0.3 is 5.97 Å². The molecule has 1 aliphatic rings. The number of hydrogen-bond donors (Lipinski definition) is 3. The first-order valence-electron chi connectivity index (χ1n) is 10.1. The van der Waals surface area contributed by atoms with Crippen LogP contribution < -0.4 is 14.8 Å². The smallest absolute Gasteiger partial charge is 0.307 e. The Bertz CT molecular complexity index is 1340. The van der Waals surface area contributed by atoms with Crippen molar-refractivity contribution in [1.82, 2.24) is 10.3 Å². The quantitative estimate of drug-likeness (QED) is 0.486. The summed E-state index contributed by atoms with van der Waals surface area (Å²) in [5.74, 6) is -1.08. The molecule has 0 saturated carbocycles. The van der Waals surface area contributed by atoms with E-state index in [1.807, 2.05) is 0 Å². The number of rotatable bonds is 7. The summed E-state index contributed by atoms with van der Waals surface area (Å²) in [7, 11) is -2.70. The maximum atomic E-state index is 13.2. The number of nitrogens with zero attached hydrogens (tertiary/aromatic N) is 1. The summed E-state index contributed by atoms with van der Waals surface area (Å²) in [6.07, 6.45) is 1.86. The van der Waals surface area contributed by atoms with Crippen LogP contribution in [0.5, 0.6) is 5.75 Å². The van der Waals surface area contributed by atoms with Gasteiger partial charge in [-0.15, -0.1) is 0 Å². The first kappa shape index (κ1) is 22.3. The van der Waals surface area contributed by atoms with Crippen LogP contribution in [0, 0.1) is 0 Å². The van der Waals surface area contributed by atoms with Crippen LogP contribution in [-0.2, 0) is 27.7 Å². The standard InChI is InChI=1S/C23H21N3O6S/c1-32-20-7-6-16(15-4-2-14(3-5-15)10-22(27)28)11-21(20)33(30,31)26-17-12-18-19(25-13-17)8-9-24-23(18)29/h2-7,11-13,26H,8-10H2,1H3,(H,24,29)(H,27,28). The van der Waals surface area contributed by atoms with E-state index in [1.165, 1.54) is 25.4 Å². The number of pyridine rings is 1. The highest BCUT2D eigenvalue weighted by Gasteiger charge is 2.23. The number of hydrogen-bond acceptors (Lipinski definition) is 6. The lowest BCUT2D eigenvalue weighted by Gasteiger charge is -2.17. The van der Waals surface area contributed by atoms with E-state index in [9.17, 15) is 18.0 Å². The largest absolute Gasteiger partial charge is 0.495 e. The number of anilines is 1. The minimum atomic E-state index is -4.08. The SMILES string of the molecule is COc1ccc(-c2ccc(CC(=O)O)cc2)cc1S(=O)(=O)Nc1cnc2c(c1)C(=O)NCC2. The van der Waals surface area contributed by atoms with Crippen LogP contribution in [-0.4, -0.2) is 44.0 Å². The van der Waals surface area contributed by atoms with Gasteiger partial charge in [0, 0.05) is 13.0 Å². The van der Waals surface area contributed by atoms with Crippen LogP contribution in [0.25, 0.3) is 11.1 Å². The normalized spacial score (nSPS) is 13.1.